The van der Waals surface area contributed by atoms with Crippen molar-refractivity contribution < 1.29 is 4.48 Å². The van der Waals surface area contributed by atoms with E-state index in [0.717, 1.165) is 12.8 Å². The van der Waals surface area contributed by atoms with Crippen molar-refractivity contribution in [3.8, 4) is 11.4 Å². The summed E-state index contributed by atoms with van der Waals surface area (Å²) in [5, 5.41) is 0. The molecule has 0 unspecified atom stereocenters. The highest BCUT2D eigenvalue weighted by Gasteiger charge is 2.48. The molecule has 2 aliphatic heterocycles. The van der Waals surface area contributed by atoms with Crippen LogP contribution in [0.1, 0.15) is 22.3 Å². The lowest BCUT2D eigenvalue weighted by atomic mass is 9.58. The predicted molar refractivity (Wildman–Crippen MR) is 124 cm³/mol. The van der Waals surface area contributed by atoms with Crippen molar-refractivity contribution in [1.29, 1.82) is 0 Å². The third-order valence-corrected chi connectivity index (χ3v) is 6.86. The molecule has 0 radical (unpaired) electrons. The molecule has 30 heavy (non-hydrogen) atoms. The average Bonchev–Trinajstić information content (AvgIpc) is 3.12. The van der Waals surface area contributed by atoms with Crippen LogP contribution in [0.5, 0.6) is 0 Å². The van der Waals surface area contributed by atoms with Gasteiger partial charge in [0.2, 0.25) is 0 Å². The van der Waals surface area contributed by atoms with E-state index in [9.17, 15) is 0 Å². The van der Waals surface area contributed by atoms with Crippen molar-refractivity contribution in [3.05, 3.63) is 95.3 Å². The SMILES string of the molecule is Cc1cccc2c1B1N(c3ccccc3CC2)c2cccc(C)c2-c2n(C)cc[n+]21. The number of hydrogen-bond donors (Lipinski definition) is 0. The molecule has 3 aromatic carbocycles. The highest BCUT2D eigenvalue weighted by Crippen LogP contribution is 2.41. The number of fused-ring (bicyclic) bond motifs is 10. The van der Waals surface area contributed by atoms with Gasteiger partial charge in [-0.25, -0.2) is 4.57 Å². The number of aromatic nitrogens is 2. The standard InChI is InChI=1S/C26H25BN3/c1-18-8-7-13-23-24(18)26-28(3)16-17-29(26)27-25-19(2)9-6-11-21(25)15-14-20-10-4-5-12-22(20)30(23)27/h4-13,16-17H,14-15H2,1-3H3/q+1. The minimum Gasteiger partial charge on any atom is -0.338 e. The van der Waals surface area contributed by atoms with Gasteiger partial charge in [-0.3, -0.25) is 4.48 Å². The molecule has 0 saturated carbocycles. The average molecular weight is 390 g/mol. The van der Waals surface area contributed by atoms with Crippen molar-refractivity contribution in [3.63, 3.8) is 0 Å². The fraction of sp³-hybridized carbons (Fsp3) is 0.192. The molecule has 1 aromatic heterocycles. The maximum atomic E-state index is 2.58. The lowest BCUT2D eigenvalue weighted by Gasteiger charge is -2.38. The number of rotatable bonds is 0. The molecule has 0 atom stereocenters. The minimum atomic E-state index is 0.105. The number of hydrogen-bond acceptors (Lipinski definition) is 1. The quantitative estimate of drug-likeness (QED) is 0.412. The van der Waals surface area contributed by atoms with Gasteiger partial charge < -0.3 is 4.81 Å². The second kappa shape index (κ2) is 6.37. The van der Waals surface area contributed by atoms with Crippen molar-refractivity contribution in [2.45, 2.75) is 26.7 Å². The molecule has 3 heterocycles. The molecule has 0 saturated heterocycles. The van der Waals surface area contributed by atoms with Crippen LogP contribution in [0.25, 0.3) is 11.4 Å². The van der Waals surface area contributed by atoms with Gasteiger partial charge in [0.1, 0.15) is 12.4 Å². The fourth-order valence-corrected chi connectivity index (χ4v) is 5.48. The number of anilines is 2. The summed E-state index contributed by atoms with van der Waals surface area (Å²) in [5.74, 6) is 1.27. The third kappa shape index (κ3) is 2.31. The van der Waals surface area contributed by atoms with E-state index in [1.54, 1.807) is 0 Å². The van der Waals surface area contributed by atoms with Gasteiger partial charge >= 0.3 is 6.98 Å². The van der Waals surface area contributed by atoms with Crippen molar-refractivity contribution >= 4 is 23.8 Å². The summed E-state index contributed by atoms with van der Waals surface area (Å²) < 4.78 is 4.75. The Kier molecular flexibility index (Phi) is 3.73. The molecule has 146 valence electrons. The minimum absolute atomic E-state index is 0.105. The first-order valence-electron chi connectivity index (χ1n) is 10.8. The number of benzene rings is 3. The number of nitrogens with zero attached hydrogens (tertiary/aromatic N) is 3. The Hall–Kier alpha value is -3.27. The van der Waals surface area contributed by atoms with Crippen LogP contribution in [-0.4, -0.2) is 11.5 Å². The van der Waals surface area contributed by atoms with Crippen LogP contribution >= 0.6 is 0 Å². The third-order valence-electron chi connectivity index (χ3n) is 6.86. The second-order valence-corrected chi connectivity index (χ2v) is 8.63. The van der Waals surface area contributed by atoms with Gasteiger partial charge in [-0.2, -0.15) is 0 Å². The Balaban J connectivity index is 1.77. The monoisotopic (exact) mass is 390 g/mol. The van der Waals surface area contributed by atoms with Gasteiger partial charge in [0.25, 0.3) is 5.82 Å². The normalized spacial score (nSPS) is 14.1. The van der Waals surface area contributed by atoms with Crippen LogP contribution < -0.4 is 14.8 Å². The van der Waals surface area contributed by atoms with Crippen LogP contribution in [-0.2, 0) is 19.9 Å². The number of imidazole rings is 1. The summed E-state index contributed by atoms with van der Waals surface area (Å²) in [7, 11) is 2.16. The van der Waals surface area contributed by atoms with Crippen molar-refractivity contribution in [1.82, 2.24) is 4.57 Å². The van der Waals surface area contributed by atoms with Crippen LogP contribution in [0.15, 0.2) is 73.1 Å². The summed E-state index contributed by atoms with van der Waals surface area (Å²) in [4.78, 5) is 2.58. The Bertz CT molecular complexity index is 1300. The highest BCUT2D eigenvalue weighted by molar-refractivity contribution is 6.72. The highest BCUT2D eigenvalue weighted by atomic mass is 15.2. The Morgan fingerprint density at radius 3 is 2.40 bits per heavy atom. The van der Waals surface area contributed by atoms with Crippen LogP contribution in [0, 0.1) is 13.8 Å². The van der Waals surface area contributed by atoms with E-state index < -0.39 is 0 Å². The molecule has 0 bridgehead atoms. The molecular formula is C26H25BN3+. The first kappa shape index (κ1) is 17.6. The summed E-state index contributed by atoms with van der Waals surface area (Å²) in [6.45, 7) is 4.60. The zero-order valence-corrected chi connectivity index (χ0v) is 17.8. The summed E-state index contributed by atoms with van der Waals surface area (Å²) in [6, 6.07) is 22.5. The first-order valence-corrected chi connectivity index (χ1v) is 10.8. The lowest BCUT2D eigenvalue weighted by Crippen LogP contribution is -2.71. The number of aryl methyl sites for hydroxylation is 5. The molecule has 0 amide bonds. The summed E-state index contributed by atoms with van der Waals surface area (Å²) in [6.07, 6.45) is 6.57. The fourth-order valence-electron chi connectivity index (χ4n) is 5.48. The maximum Gasteiger partial charge on any atom is 0.542 e. The largest absolute Gasteiger partial charge is 0.542 e. The van der Waals surface area contributed by atoms with Gasteiger partial charge in [0.15, 0.2) is 0 Å². The summed E-state index contributed by atoms with van der Waals surface area (Å²) in [5.41, 5.74) is 10.9. The molecule has 2 aliphatic rings. The van der Waals surface area contributed by atoms with E-state index in [-0.39, 0.29) is 6.98 Å². The Morgan fingerprint density at radius 2 is 1.50 bits per heavy atom. The molecule has 3 nitrogen and oxygen atoms in total. The molecule has 0 fully saturated rings. The lowest BCUT2D eigenvalue weighted by molar-refractivity contribution is -0.523. The van der Waals surface area contributed by atoms with E-state index in [1.807, 2.05) is 0 Å². The first-order chi connectivity index (χ1) is 14.6. The van der Waals surface area contributed by atoms with Crippen LogP contribution in [0.4, 0.5) is 11.4 Å². The van der Waals surface area contributed by atoms with Gasteiger partial charge in [-0.1, -0.05) is 48.5 Å². The van der Waals surface area contributed by atoms with E-state index in [0.29, 0.717) is 0 Å². The Morgan fingerprint density at radius 1 is 0.800 bits per heavy atom. The van der Waals surface area contributed by atoms with Crippen LogP contribution in [0.3, 0.4) is 0 Å². The second-order valence-electron chi connectivity index (χ2n) is 8.63. The van der Waals surface area contributed by atoms with E-state index in [2.05, 4.69) is 108 Å². The van der Waals surface area contributed by atoms with E-state index in [1.165, 1.54) is 50.5 Å². The molecule has 0 N–H and O–H groups in total. The molecule has 6 rings (SSSR count). The maximum absolute atomic E-state index is 2.58. The van der Waals surface area contributed by atoms with Gasteiger partial charge in [0, 0.05) is 16.8 Å². The summed E-state index contributed by atoms with van der Waals surface area (Å²) >= 11 is 0. The Labute approximate surface area is 178 Å². The molecular weight excluding hydrogens is 365 g/mol. The van der Waals surface area contributed by atoms with Crippen LogP contribution in [0.2, 0.25) is 0 Å². The van der Waals surface area contributed by atoms with Crippen molar-refractivity contribution in [2.75, 3.05) is 4.81 Å². The smallest absolute Gasteiger partial charge is 0.338 e. The van der Waals surface area contributed by atoms with Gasteiger partial charge in [-0.05, 0) is 61.1 Å². The molecule has 0 aliphatic carbocycles. The molecule has 0 spiro atoms. The molecule has 4 aromatic rings. The predicted octanol–water partition coefficient (Wildman–Crippen LogP) is 4.09. The zero-order valence-electron chi connectivity index (χ0n) is 17.8. The van der Waals surface area contributed by atoms with E-state index in [4.69, 9.17) is 0 Å². The van der Waals surface area contributed by atoms with E-state index >= 15 is 0 Å². The topological polar surface area (TPSA) is 12.1 Å². The zero-order chi connectivity index (χ0) is 20.4. The number of para-hydroxylation sites is 1. The van der Waals surface area contributed by atoms with Gasteiger partial charge in [0.05, 0.1) is 12.6 Å². The molecule has 4 heteroatoms. The van der Waals surface area contributed by atoms with Crippen molar-refractivity contribution in [2.24, 2.45) is 7.05 Å². The van der Waals surface area contributed by atoms with Gasteiger partial charge in [-0.15, -0.1) is 0 Å².